The van der Waals surface area contributed by atoms with Gasteiger partial charge in [0.25, 0.3) is 11.1 Å². The van der Waals surface area contributed by atoms with Crippen LogP contribution < -0.4 is 0 Å². The molecule has 1 aromatic rings. The van der Waals surface area contributed by atoms with E-state index in [9.17, 15) is 27.9 Å². The Bertz CT molecular complexity index is 668. The summed E-state index contributed by atoms with van der Waals surface area (Å²) < 4.78 is 38.2. The molecular weight excluding hydrogens is 319 g/mol. The van der Waals surface area contributed by atoms with Crippen LogP contribution in [0.1, 0.15) is 25.0 Å². The number of aromatic hydroxyl groups is 1. The molecule has 0 unspecified atom stereocenters. The minimum atomic E-state index is -4.70. The van der Waals surface area contributed by atoms with Crippen molar-refractivity contribution in [3.63, 3.8) is 0 Å². The average molecular weight is 331 g/mol. The number of benzene rings is 1. The molecule has 118 valence electrons. The van der Waals surface area contributed by atoms with E-state index < -0.39 is 28.6 Å². The number of halogens is 3. The SMILES string of the molecule is CC(C)N1C(=O)SC(=Cc2ccc(O)c(C(F)(F)F)c2)C1=O. The first kappa shape index (κ1) is 16.4. The van der Waals surface area contributed by atoms with E-state index in [2.05, 4.69) is 0 Å². The summed E-state index contributed by atoms with van der Waals surface area (Å²) in [7, 11) is 0. The standard InChI is InChI=1S/C14H12F3NO3S/c1-7(2)18-12(20)11(22-13(18)21)6-8-3-4-10(19)9(5-8)14(15,16)17/h3-7,19H,1-2H3. The molecule has 1 heterocycles. The van der Waals surface area contributed by atoms with Gasteiger partial charge in [-0.25, -0.2) is 0 Å². The van der Waals surface area contributed by atoms with Crippen LogP contribution >= 0.6 is 11.8 Å². The van der Waals surface area contributed by atoms with Crippen LogP contribution in [-0.4, -0.2) is 27.2 Å². The van der Waals surface area contributed by atoms with Crippen molar-refractivity contribution < 1.29 is 27.9 Å². The summed E-state index contributed by atoms with van der Waals surface area (Å²) in [5, 5.41) is 8.81. The number of thioether (sulfide) groups is 1. The molecule has 8 heteroatoms. The third-order valence-electron chi connectivity index (χ3n) is 2.96. The van der Waals surface area contributed by atoms with Crippen LogP contribution in [0.2, 0.25) is 0 Å². The zero-order valence-electron chi connectivity index (χ0n) is 11.6. The number of rotatable bonds is 2. The van der Waals surface area contributed by atoms with Crippen molar-refractivity contribution in [2.24, 2.45) is 0 Å². The van der Waals surface area contributed by atoms with Gasteiger partial charge in [0, 0.05) is 6.04 Å². The lowest BCUT2D eigenvalue weighted by atomic mass is 10.1. The van der Waals surface area contributed by atoms with Crippen LogP contribution in [0.15, 0.2) is 23.1 Å². The summed E-state index contributed by atoms with van der Waals surface area (Å²) in [6.45, 7) is 3.34. The predicted octanol–water partition coefficient (Wildman–Crippen LogP) is 3.86. The van der Waals surface area contributed by atoms with Gasteiger partial charge in [0.2, 0.25) is 0 Å². The van der Waals surface area contributed by atoms with Crippen LogP contribution in [0, 0.1) is 0 Å². The van der Waals surface area contributed by atoms with Crippen LogP contribution in [0.5, 0.6) is 5.75 Å². The molecule has 0 atom stereocenters. The van der Waals surface area contributed by atoms with Crippen molar-refractivity contribution in [2.45, 2.75) is 26.1 Å². The summed E-state index contributed by atoms with van der Waals surface area (Å²) in [5.41, 5.74) is -1.11. The molecule has 0 aliphatic carbocycles. The normalized spacial score (nSPS) is 17.9. The molecule has 4 nitrogen and oxygen atoms in total. The average Bonchev–Trinajstić information content (AvgIpc) is 2.65. The van der Waals surface area contributed by atoms with Gasteiger partial charge in [0.05, 0.1) is 10.5 Å². The van der Waals surface area contributed by atoms with E-state index in [1.54, 1.807) is 13.8 Å². The molecule has 1 aromatic carbocycles. The molecule has 1 aliphatic rings. The quantitative estimate of drug-likeness (QED) is 0.836. The van der Waals surface area contributed by atoms with E-state index in [-0.39, 0.29) is 16.5 Å². The Labute approximate surface area is 128 Å². The maximum absolute atomic E-state index is 12.7. The van der Waals surface area contributed by atoms with Gasteiger partial charge in [-0.05, 0) is 49.4 Å². The Balaban J connectivity index is 2.39. The summed E-state index contributed by atoms with van der Waals surface area (Å²) in [6, 6.07) is 2.55. The summed E-state index contributed by atoms with van der Waals surface area (Å²) in [5.74, 6) is -1.42. The van der Waals surface area contributed by atoms with Gasteiger partial charge in [-0.1, -0.05) is 6.07 Å². The van der Waals surface area contributed by atoms with Gasteiger partial charge in [-0.3, -0.25) is 14.5 Å². The number of carbonyl (C=O) groups is 2. The monoisotopic (exact) mass is 331 g/mol. The number of phenolic OH excluding ortho intramolecular Hbond substituents is 1. The number of amides is 2. The highest BCUT2D eigenvalue weighted by atomic mass is 32.2. The van der Waals surface area contributed by atoms with Crippen molar-refractivity contribution in [3.05, 3.63) is 34.2 Å². The van der Waals surface area contributed by atoms with Crippen LogP contribution in [0.3, 0.4) is 0 Å². The summed E-state index contributed by atoms with van der Waals surface area (Å²) >= 11 is 0.677. The second-order valence-corrected chi connectivity index (χ2v) is 5.91. The summed E-state index contributed by atoms with van der Waals surface area (Å²) in [4.78, 5) is 24.9. The van der Waals surface area contributed by atoms with Crippen molar-refractivity contribution in [3.8, 4) is 5.75 Å². The Morgan fingerprint density at radius 2 is 1.91 bits per heavy atom. The molecule has 0 radical (unpaired) electrons. The third-order valence-corrected chi connectivity index (χ3v) is 3.85. The Hall–Kier alpha value is -1.96. The molecule has 1 saturated heterocycles. The molecule has 0 aromatic heterocycles. The number of hydrogen-bond donors (Lipinski definition) is 1. The maximum Gasteiger partial charge on any atom is 0.419 e. The highest BCUT2D eigenvalue weighted by Crippen LogP contribution is 2.38. The van der Waals surface area contributed by atoms with Gasteiger partial charge in [0.15, 0.2) is 0 Å². The Morgan fingerprint density at radius 3 is 2.41 bits per heavy atom. The zero-order chi connectivity index (χ0) is 16.7. The molecule has 22 heavy (non-hydrogen) atoms. The van der Waals surface area contributed by atoms with E-state index in [1.165, 1.54) is 12.1 Å². The molecule has 0 spiro atoms. The van der Waals surface area contributed by atoms with E-state index in [1.807, 2.05) is 0 Å². The van der Waals surface area contributed by atoms with E-state index in [0.717, 1.165) is 17.0 Å². The highest BCUT2D eigenvalue weighted by Gasteiger charge is 2.37. The lowest BCUT2D eigenvalue weighted by molar-refractivity contribution is -0.138. The predicted molar refractivity (Wildman–Crippen MR) is 76.1 cm³/mol. The van der Waals surface area contributed by atoms with Gasteiger partial charge in [-0.15, -0.1) is 0 Å². The number of imide groups is 1. The molecule has 0 bridgehead atoms. The molecule has 0 saturated carbocycles. The Kier molecular flexibility index (Phi) is 4.23. The van der Waals surface area contributed by atoms with Crippen LogP contribution in [0.4, 0.5) is 18.0 Å². The van der Waals surface area contributed by atoms with Gasteiger partial charge < -0.3 is 5.11 Å². The van der Waals surface area contributed by atoms with E-state index >= 15 is 0 Å². The van der Waals surface area contributed by atoms with Crippen molar-refractivity contribution in [1.82, 2.24) is 4.90 Å². The number of nitrogens with zero attached hydrogens (tertiary/aromatic N) is 1. The second-order valence-electron chi connectivity index (χ2n) is 4.92. The maximum atomic E-state index is 12.7. The number of phenols is 1. The molecule has 1 aliphatic heterocycles. The molecule has 2 rings (SSSR count). The lowest BCUT2D eigenvalue weighted by Crippen LogP contribution is -2.34. The smallest absolute Gasteiger partial charge is 0.419 e. The number of carbonyl (C=O) groups excluding carboxylic acids is 2. The first-order valence-corrected chi connectivity index (χ1v) is 7.10. The fourth-order valence-corrected chi connectivity index (χ4v) is 2.91. The fourth-order valence-electron chi connectivity index (χ4n) is 1.95. The topological polar surface area (TPSA) is 57.6 Å². The third kappa shape index (κ3) is 3.11. The molecule has 1 fully saturated rings. The van der Waals surface area contributed by atoms with E-state index in [0.29, 0.717) is 11.8 Å². The summed E-state index contributed by atoms with van der Waals surface area (Å²) in [6.07, 6.45) is -3.49. The fraction of sp³-hybridized carbons (Fsp3) is 0.286. The molecular formula is C14H12F3NO3S. The minimum absolute atomic E-state index is 0.0533. The van der Waals surface area contributed by atoms with Gasteiger partial charge >= 0.3 is 6.18 Å². The minimum Gasteiger partial charge on any atom is -0.507 e. The van der Waals surface area contributed by atoms with Crippen LogP contribution in [-0.2, 0) is 11.0 Å². The number of hydrogen-bond acceptors (Lipinski definition) is 4. The van der Waals surface area contributed by atoms with Gasteiger partial charge in [0.1, 0.15) is 5.75 Å². The largest absolute Gasteiger partial charge is 0.507 e. The van der Waals surface area contributed by atoms with Crippen molar-refractivity contribution in [1.29, 1.82) is 0 Å². The first-order chi connectivity index (χ1) is 10.1. The second kappa shape index (κ2) is 5.68. The van der Waals surface area contributed by atoms with E-state index in [4.69, 9.17) is 0 Å². The highest BCUT2D eigenvalue weighted by molar-refractivity contribution is 8.18. The van der Waals surface area contributed by atoms with Crippen molar-refractivity contribution >= 4 is 29.0 Å². The van der Waals surface area contributed by atoms with Gasteiger partial charge in [-0.2, -0.15) is 13.2 Å². The zero-order valence-corrected chi connectivity index (χ0v) is 12.5. The number of alkyl halides is 3. The Morgan fingerprint density at radius 1 is 1.27 bits per heavy atom. The molecule has 2 amide bonds. The molecule has 1 N–H and O–H groups in total. The first-order valence-electron chi connectivity index (χ1n) is 6.28. The lowest BCUT2D eigenvalue weighted by Gasteiger charge is -2.16. The van der Waals surface area contributed by atoms with Crippen molar-refractivity contribution in [2.75, 3.05) is 0 Å². The van der Waals surface area contributed by atoms with Crippen LogP contribution in [0.25, 0.3) is 6.08 Å².